The molecule has 0 amide bonds. The standard InChI is InChI=1S/C24H29FN4O3/c1-3-10-29-15-19(17(2)26-29)14-28-11-4-9-24(16-28,23(30)31)13-21-12-22(27-32-21)18-5-7-20(25)8-6-18/h3,5-8,15,21H,1,4,9-14,16H2,2H3,(H,30,31)/t21-,24-/m0/s1. The van der Waals surface area contributed by atoms with Crippen molar-refractivity contribution in [3.8, 4) is 0 Å². The molecule has 8 heteroatoms. The number of hydrogen-bond acceptors (Lipinski definition) is 5. The summed E-state index contributed by atoms with van der Waals surface area (Å²) in [6.07, 6.45) is 5.84. The van der Waals surface area contributed by atoms with Crippen molar-refractivity contribution in [3.63, 3.8) is 0 Å². The second kappa shape index (κ2) is 9.24. The molecule has 1 aromatic heterocycles. The van der Waals surface area contributed by atoms with E-state index in [-0.39, 0.29) is 11.9 Å². The molecule has 2 aromatic rings. The summed E-state index contributed by atoms with van der Waals surface area (Å²) in [7, 11) is 0. The van der Waals surface area contributed by atoms with Gasteiger partial charge in [-0.2, -0.15) is 5.10 Å². The van der Waals surface area contributed by atoms with Gasteiger partial charge in [0.1, 0.15) is 11.9 Å². The third-order valence-electron chi connectivity index (χ3n) is 6.40. The molecule has 32 heavy (non-hydrogen) atoms. The largest absolute Gasteiger partial charge is 0.481 e. The van der Waals surface area contributed by atoms with Crippen LogP contribution in [0.15, 0.2) is 48.3 Å². The maximum Gasteiger partial charge on any atom is 0.311 e. The highest BCUT2D eigenvalue weighted by Crippen LogP contribution is 2.38. The lowest BCUT2D eigenvalue weighted by molar-refractivity contribution is -0.156. The SMILES string of the molecule is C=CCn1cc(CN2CCC[C@@](C[C@@H]3CC(c4ccc(F)cc4)=NO3)(C(=O)O)C2)c(C)n1. The van der Waals surface area contributed by atoms with Crippen LogP contribution in [0.4, 0.5) is 4.39 Å². The van der Waals surface area contributed by atoms with Gasteiger partial charge in [0.15, 0.2) is 0 Å². The van der Waals surface area contributed by atoms with E-state index in [4.69, 9.17) is 4.84 Å². The summed E-state index contributed by atoms with van der Waals surface area (Å²) in [5, 5.41) is 18.9. The van der Waals surface area contributed by atoms with Gasteiger partial charge >= 0.3 is 5.97 Å². The van der Waals surface area contributed by atoms with Crippen molar-refractivity contribution in [2.45, 2.75) is 51.8 Å². The summed E-state index contributed by atoms with van der Waals surface area (Å²) in [5.74, 6) is -1.10. The Morgan fingerprint density at radius 1 is 1.41 bits per heavy atom. The molecular formula is C24H29FN4O3. The molecule has 0 radical (unpaired) electrons. The minimum absolute atomic E-state index is 0.303. The van der Waals surface area contributed by atoms with Crippen LogP contribution < -0.4 is 0 Å². The van der Waals surface area contributed by atoms with Crippen LogP contribution in [0, 0.1) is 18.2 Å². The Hall–Kier alpha value is -3.00. The van der Waals surface area contributed by atoms with Crippen molar-refractivity contribution in [1.29, 1.82) is 0 Å². The van der Waals surface area contributed by atoms with Crippen LogP contribution in [0.3, 0.4) is 0 Å². The lowest BCUT2D eigenvalue weighted by Crippen LogP contribution is -2.49. The van der Waals surface area contributed by atoms with E-state index in [0.29, 0.717) is 38.9 Å². The number of oxime groups is 1. The number of piperidine rings is 1. The van der Waals surface area contributed by atoms with Gasteiger partial charge in [-0.05, 0) is 44.0 Å². The van der Waals surface area contributed by atoms with Gasteiger partial charge in [-0.1, -0.05) is 23.4 Å². The minimum Gasteiger partial charge on any atom is -0.481 e. The first-order valence-electron chi connectivity index (χ1n) is 11.0. The summed E-state index contributed by atoms with van der Waals surface area (Å²) >= 11 is 0. The van der Waals surface area contributed by atoms with Crippen LogP contribution in [0.25, 0.3) is 0 Å². The van der Waals surface area contributed by atoms with Crippen LogP contribution in [0.5, 0.6) is 0 Å². The highest BCUT2D eigenvalue weighted by atomic mass is 19.1. The van der Waals surface area contributed by atoms with Gasteiger partial charge in [0, 0.05) is 37.7 Å². The van der Waals surface area contributed by atoms with Crippen molar-refractivity contribution in [3.05, 3.63) is 65.8 Å². The second-order valence-corrected chi connectivity index (χ2v) is 8.83. The Bertz CT molecular complexity index is 1020. The molecule has 3 heterocycles. The van der Waals surface area contributed by atoms with E-state index >= 15 is 0 Å². The van der Waals surface area contributed by atoms with Crippen molar-refractivity contribution >= 4 is 11.7 Å². The highest BCUT2D eigenvalue weighted by Gasteiger charge is 2.45. The van der Waals surface area contributed by atoms with Crippen LogP contribution in [0.1, 0.15) is 42.5 Å². The average Bonchev–Trinajstić information content (AvgIpc) is 3.35. The zero-order valence-electron chi connectivity index (χ0n) is 18.3. The molecule has 2 aliphatic rings. The number of carboxylic acids is 1. The van der Waals surface area contributed by atoms with E-state index in [1.807, 2.05) is 17.8 Å². The number of likely N-dealkylation sites (tertiary alicyclic amines) is 1. The molecule has 0 aliphatic carbocycles. The van der Waals surface area contributed by atoms with E-state index < -0.39 is 11.4 Å². The van der Waals surface area contributed by atoms with Crippen LogP contribution in [-0.4, -0.2) is 50.7 Å². The topological polar surface area (TPSA) is 80.0 Å². The zero-order valence-corrected chi connectivity index (χ0v) is 18.3. The van der Waals surface area contributed by atoms with E-state index in [1.54, 1.807) is 18.2 Å². The molecule has 1 N–H and O–H groups in total. The summed E-state index contributed by atoms with van der Waals surface area (Å²) in [6, 6.07) is 6.12. The number of aryl methyl sites for hydroxylation is 1. The summed E-state index contributed by atoms with van der Waals surface area (Å²) in [6.45, 7) is 8.35. The molecule has 4 rings (SSSR count). The van der Waals surface area contributed by atoms with Gasteiger partial charge in [0.05, 0.1) is 23.4 Å². The lowest BCUT2D eigenvalue weighted by atomic mass is 9.74. The van der Waals surface area contributed by atoms with E-state index in [1.165, 1.54) is 12.1 Å². The zero-order chi connectivity index (χ0) is 22.7. The lowest BCUT2D eigenvalue weighted by Gasteiger charge is -2.40. The molecule has 7 nitrogen and oxygen atoms in total. The molecular weight excluding hydrogens is 411 g/mol. The minimum atomic E-state index is -0.887. The number of nitrogens with zero attached hydrogens (tertiary/aromatic N) is 4. The highest BCUT2D eigenvalue weighted by molar-refractivity contribution is 6.01. The van der Waals surface area contributed by atoms with Crippen molar-refractivity contribution in [2.75, 3.05) is 13.1 Å². The van der Waals surface area contributed by atoms with Gasteiger partial charge in [0.25, 0.3) is 0 Å². The number of rotatable bonds is 8. The molecule has 1 aromatic carbocycles. The van der Waals surface area contributed by atoms with Crippen molar-refractivity contribution < 1.29 is 19.1 Å². The molecule has 170 valence electrons. The molecule has 2 atom stereocenters. The third kappa shape index (κ3) is 4.75. The monoisotopic (exact) mass is 440 g/mol. The molecule has 0 bridgehead atoms. The van der Waals surface area contributed by atoms with E-state index in [9.17, 15) is 14.3 Å². The van der Waals surface area contributed by atoms with Crippen molar-refractivity contribution in [2.24, 2.45) is 10.6 Å². The Morgan fingerprint density at radius 2 is 2.19 bits per heavy atom. The fraction of sp³-hybridized carbons (Fsp3) is 0.458. The fourth-order valence-corrected chi connectivity index (χ4v) is 4.76. The normalized spacial score (nSPS) is 23.6. The predicted octanol–water partition coefficient (Wildman–Crippen LogP) is 3.77. The number of hydrogen-bond donors (Lipinski definition) is 1. The Morgan fingerprint density at radius 3 is 2.91 bits per heavy atom. The number of allylic oxidation sites excluding steroid dienone is 1. The number of halogens is 1. The molecule has 0 unspecified atom stereocenters. The predicted molar refractivity (Wildman–Crippen MR) is 119 cm³/mol. The quantitative estimate of drug-likeness (QED) is 0.632. The van der Waals surface area contributed by atoms with Crippen molar-refractivity contribution in [1.82, 2.24) is 14.7 Å². The summed E-state index contributed by atoms with van der Waals surface area (Å²) < 4.78 is 15.1. The van der Waals surface area contributed by atoms with Crippen LogP contribution >= 0.6 is 0 Å². The Balaban J connectivity index is 1.42. The molecule has 1 fully saturated rings. The number of carboxylic acid groups (broad SMARTS) is 1. The van der Waals surface area contributed by atoms with Crippen LogP contribution in [0.2, 0.25) is 0 Å². The molecule has 1 saturated heterocycles. The Kier molecular flexibility index (Phi) is 6.41. The molecule has 0 spiro atoms. The second-order valence-electron chi connectivity index (χ2n) is 8.83. The number of aromatic nitrogens is 2. The maximum atomic E-state index is 13.2. The first-order valence-corrected chi connectivity index (χ1v) is 11.0. The van der Waals surface area contributed by atoms with E-state index in [0.717, 1.165) is 35.5 Å². The number of benzene rings is 1. The van der Waals surface area contributed by atoms with Gasteiger partial charge in [0.2, 0.25) is 0 Å². The van der Waals surface area contributed by atoms with Gasteiger partial charge < -0.3 is 9.94 Å². The maximum absolute atomic E-state index is 13.2. The summed E-state index contributed by atoms with van der Waals surface area (Å²) in [4.78, 5) is 20.2. The third-order valence-corrected chi connectivity index (χ3v) is 6.40. The Labute approximate surface area is 187 Å². The summed E-state index contributed by atoms with van der Waals surface area (Å²) in [5.41, 5.74) is 2.70. The number of aliphatic carboxylic acids is 1. The van der Waals surface area contributed by atoms with Gasteiger partial charge in [-0.25, -0.2) is 4.39 Å². The molecule has 0 saturated carbocycles. The molecule has 2 aliphatic heterocycles. The average molecular weight is 441 g/mol. The smallest absolute Gasteiger partial charge is 0.311 e. The van der Waals surface area contributed by atoms with E-state index in [2.05, 4.69) is 21.7 Å². The number of carbonyl (C=O) groups is 1. The van der Waals surface area contributed by atoms with Gasteiger partial charge in [-0.3, -0.25) is 14.4 Å². The fourth-order valence-electron chi connectivity index (χ4n) is 4.76. The first kappa shape index (κ1) is 22.2. The van der Waals surface area contributed by atoms with Gasteiger partial charge in [-0.15, -0.1) is 6.58 Å². The van der Waals surface area contributed by atoms with Crippen LogP contribution in [-0.2, 0) is 22.7 Å². The first-order chi connectivity index (χ1) is 15.4.